The number of nitrogens with one attached hydrogen (secondary N) is 1. The van der Waals surface area contributed by atoms with Crippen LogP contribution < -0.4 is 4.98 Å². The maximum absolute atomic E-state index is 3.95. The summed E-state index contributed by atoms with van der Waals surface area (Å²) in [5.74, 6) is 0. The molecule has 0 saturated heterocycles. The Morgan fingerprint density at radius 2 is 1.38 bits per heavy atom. The predicted molar refractivity (Wildman–Crippen MR) is 78.6 cm³/mol. The van der Waals surface area contributed by atoms with Crippen LogP contribution in [-0.4, -0.2) is 14.8 Å². The van der Waals surface area contributed by atoms with Gasteiger partial charge in [-0.3, -0.25) is 0 Å². The van der Waals surface area contributed by atoms with Crippen LogP contribution in [-0.2, 0) is 0 Å². The molecule has 0 aliphatic carbocycles. The highest BCUT2D eigenvalue weighted by Gasteiger charge is 2.26. The molecule has 0 spiro atoms. The molecule has 0 radical (unpaired) electrons. The largest absolute Gasteiger partial charge is 0.337 e. The molecule has 98 valence electrons. The maximum atomic E-state index is 3.95. The van der Waals surface area contributed by atoms with Gasteiger partial charge in [0.2, 0.25) is 0 Å². The van der Waals surface area contributed by atoms with Crippen molar-refractivity contribution < 1.29 is 0 Å². The van der Waals surface area contributed by atoms with Gasteiger partial charge >= 0.3 is 0 Å². The van der Waals surface area contributed by atoms with E-state index < -0.39 is 8.24 Å². The van der Waals surface area contributed by atoms with Gasteiger partial charge in [0.25, 0.3) is 0 Å². The van der Waals surface area contributed by atoms with E-state index in [1.54, 1.807) is 0 Å². The van der Waals surface area contributed by atoms with Crippen molar-refractivity contribution >= 4 is 8.24 Å². The number of unbranched alkanes of at least 4 members (excludes halogenated alkanes) is 4. The highest BCUT2D eigenvalue weighted by atomic mass is 28.3. The van der Waals surface area contributed by atoms with Crippen LogP contribution in [0.5, 0.6) is 0 Å². The Hall–Kier alpha value is 0.177. The van der Waals surface area contributed by atoms with E-state index >= 15 is 0 Å². The van der Waals surface area contributed by atoms with Crippen molar-refractivity contribution in [1.29, 1.82) is 0 Å². The minimum atomic E-state index is -1.06. The van der Waals surface area contributed by atoms with Crippen LogP contribution >= 0.6 is 0 Å². The van der Waals surface area contributed by atoms with E-state index in [1.165, 1.54) is 63.2 Å². The smallest absolute Gasteiger partial charge is 0.125 e. The molecule has 1 N–H and O–H groups in total. The maximum Gasteiger partial charge on any atom is 0.125 e. The lowest BCUT2D eigenvalue weighted by molar-refractivity contribution is 0.621. The van der Waals surface area contributed by atoms with Gasteiger partial charge in [-0.15, -0.1) is 0 Å². The van der Waals surface area contributed by atoms with Crippen molar-refractivity contribution in [2.24, 2.45) is 0 Å². The summed E-state index contributed by atoms with van der Waals surface area (Å²) in [5.41, 5.74) is 0. The number of hydrogen-bond donors (Lipinski definition) is 1. The van der Waals surface area contributed by atoms with Crippen molar-refractivity contribution in [3.05, 3.63) is 0 Å². The normalized spacial score (nSPS) is 12.0. The summed E-state index contributed by atoms with van der Waals surface area (Å²) in [7, 11) is -1.06. The van der Waals surface area contributed by atoms with Crippen LogP contribution in [0.25, 0.3) is 0 Å². The highest BCUT2D eigenvalue weighted by Crippen LogP contribution is 2.19. The minimum absolute atomic E-state index is 1.06. The summed E-state index contributed by atoms with van der Waals surface area (Å²) in [5, 5.41) is 0. The van der Waals surface area contributed by atoms with E-state index in [0.717, 1.165) is 0 Å². The first-order valence-electron chi connectivity index (χ1n) is 7.49. The standard InChI is InChI=1S/C14H33NSi/c1-5-9-10-11-12-13-15-16(7-3,8-4)14-6-2/h15H,5-14H2,1-4H3. The second-order valence-corrected chi connectivity index (χ2v) is 9.91. The van der Waals surface area contributed by atoms with Crippen molar-refractivity contribution in [3.8, 4) is 0 Å². The Kier molecular flexibility index (Phi) is 10.5. The first-order chi connectivity index (χ1) is 7.74. The predicted octanol–water partition coefficient (Wildman–Crippen LogP) is 4.94. The Bertz CT molecular complexity index is 144. The molecule has 0 aliphatic heterocycles. The molecule has 0 aromatic carbocycles. The lowest BCUT2D eigenvalue weighted by atomic mass is 10.2. The lowest BCUT2D eigenvalue weighted by Crippen LogP contribution is -2.49. The van der Waals surface area contributed by atoms with Crippen LogP contribution in [0.1, 0.15) is 66.2 Å². The average Bonchev–Trinajstić information content (AvgIpc) is 2.32. The fourth-order valence-corrected chi connectivity index (χ4v) is 6.05. The topological polar surface area (TPSA) is 12.0 Å². The Morgan fingerprint density at radius 3 is 1.88 bits per heavy atom. The van der Waals surface area contributed by atoms with Crippen LogP contribution in [0.2, 0.25) is 18.1 Å². The van der Waals surface area contributed by atoms with E-state index in [2.05, 4.69) is 32.7 Å². The van der Waals surface area contributed by atoms with Crippen LogP contribution in [0.4, 0.5) is 0 Å². The van der Waals surface area contributed by atoms with Gasteiger partial charge in [-0.2, -0.15) is 0 Å². The molecule has 2 heteroatoms. The monoisotopic (exact) mass is 243 g/mol. The summed E-state index contributed by atoms with van der Waals surface area (Å²) in [6, 6.07) is 4.29. The highest BCUT2D eigenvalue weighted by molar-refractivity contribution is 6.77. The molecular formula is C14H33NSi. The van der Waals surface area contributed by atoms with Gasteiger partial charge in [0.05, 0.1) is 0 Å². The first kappa shape index (κ1) is 16.2. The lowest BCUT2D eigenvalue weighted by Gasteiger charge is -2.30. The molecule has 0 amide bonds. The summed E-state index contributed by atoms with van der Waals surface area (Å²) < 4.78 is 0. The molecule has 1 nitrogen and oxygen atoms in total. The molecule has 0 aromatic rings. The van der Waals surface area contributed by atoms with Crippen molar-refractivity contribution in [2.75, 3.05) is 6.54 Å². The summed E-state index contributed by atoms with van der Waals surface area (Å²) in [4.78, 5) is 3.95. The third-order valence-electron chi connectivity index (χ3n) is 3.86. The average molecular weight is 244 g/mol. The molecule has 0 saturated carbocycles. The second kappa shape index (κ2) is 10.3. The zero-order valence-electron chi connectivity index (χ0n) is 12.1. The Balaban J connectivity index is 3.67. The van der Waals surface area contributed by atoms with E-state index in [4.69, 9.17) is 0 Å². The molecule has 0 heterocycles. The molecule has 16 heavy (non-hydrogen) atoms. The Labute approximate surface area is 104 Å². The van der Waals surface area contributed by atoms with E-state index in [0.29, 0.717) is 0 Å². The molecule has 0 aliphatic rings. The second-order valence-electron chi connectivity index (χ2n) is 5.08. The summed E-state index contributed by atoms with van der Waals surface area (Å²) in [6.07, 6.45) is 8.36. The van der Waals surface area contributed by atoms with Crippen LogP contribution in [0.3, 0.4) is 0 Å². The van der Waals surface area contributed by atoms with Gasteiger partial charge < -0.3 is 4.98 Å². The van der Waals surface area contributed by atoms with Gasteiger partial charge in [-0.1, -0.05) is 59.8 Å². The van der Waals surface area contributed by atoms with Crippen molar-refractivity contribution in [1.82, 2.24) is 4.98 Å². The molecule has 0 bridgehead atoms. The van der Waals surface area contributed by atoms with Gasteiger partial charge in [0.1, 0.15) is 8.24 Å². The zero-order valence-corrected chi connectivity index (χ0v) is 13.1. The fourth-order valence-electron chi connectivity index (χ4n) is 2.50. The van der Waals surface area contributed by atoms with E-state index in [-0.39, 0.29) is 0 Å². The van der Waals surface area contributed by atoms with Gasteiger partial charge in [-0.25, -0.2) is 0 Å². The van der Waals surface area contributed by atoms with Gasteiger partial charge in [-0.05, 0) is 31.1 Å². The number of rotatable bonds is 11. The first-order valence-corrected chi connectivity index (χ1v) is 10.1. The Morgan fingerprint density at radius 1 is 0.750 bits per heavy atom. The van der Waals surface area contributed by atoms with Crippen molar-refractivity contribution in [2.45, 2.75) is 84.4 Å². The van der Waals surface area contributed by atoms with Crippen molar-refractivity contribution in [3.63, 3.8) is 0 Å². The summed E-state index contributed by atoms with van der Waals surface area (Å²) >= 11 is 0. The minimum Gasteiger partial charge on any atom is -0.337 e. The van der Waals surface area contributed by atoms with Crippen LogP contribution in [0.15, 0.2) is 0 Å². The molecular weight excluding hydrogens is 210 g/mol. The molecule has 0 atom stereocenters. The SMILES string of the molecule is CCCCCCCN[Si](CC)(CC)CCC. The quantitative estimate of drug-likeness (QED) is 0.400. The summed E-state index contributed by atoms with van der Waals surface area (Å²) in [6.45, 7) is 10.7. The molecule has 0 rings (SSSR count). The number of hydrogen-bond acceptors (Lipinski definition) is 1. The third kappa shape index (κ3) is 6.69. The molecule has 0 aromatic heterocycles. The third-order valence-corrected chi connectivity index (χ3v) is 9.03. The van der Waals surface area contributed by atoms with Gasteiger partial charge in [0, 0.05) is 0 Å². The van der Waals surface area contributed by atoms with Crippen LogP contribution in [0, 0.1) is 0 Å². The van der Waals surface area contributed by atoms with Gasteiger partial charge in [0.15, 0.2) is 0 Å². The van der Waals surface area contributed by atoms with E-state index in [1.807, 2.05) is 0 Å². The molecule has 0 fully saturated rings. The zero-order chi connectivity index (χ0) is 12.3. The molecule has 0 unspecified atom stereocenters. The fraction of sp³-hybridized carbons (Fsp3) is 1.00. The van der Waals surface area contributed by atoms with E-state index in [9.17, 15) is 0 Å².